The Morgan fingerprint density at radius 3 is 2.57 bits per heavy atom. The summed E-state index contributed by atoms with van der Waals surface area (Å²) in [6.07, 6.45) is -3.83. The van der Waals surface area contributed by atoms with Crippen LogP contribution < -0.4 is 15.8 Å². The van der Waals surface area contributed by atoms with Gasteiger partial charge in [0.2, 0.25) is 0 Å². The second-order valence-corrected chi connectivity index (χ2v) is 4.56. The number of nitrogen functional groups attached to an aromatic ring is 1. The molecule has 3 N–H and O–H groups in total. The van der Waals surface area contributed by atoms with Crippen LogP contribution in [0.1, 0.15) is 5.56 Å². The first-order valence-electron chi connectivity index (χ1n) is 5.74. The number of rotatable bonds is 3. The third-order valence-electron chi connectivity index (χ3n) is 2.68. The van der Waals surface area contributed by atoms with Crippen LogP contribution in [0, 0.1) is 0 Å². The maximum absolute atomic E-state index is 12.7. The van der Waals surface area contributed by atoms with Crippen LogP contribution in [0.3, 0.4) is 0 Å². The van der Waals surface area contributed by atoms with Gasteiger partial charge in [0.15, 0.2) is 0 Å². The van der Waals surface area contributed by atoms with Gasteiger partial charge < -0.3 is 15.8 Å². The van der Waals surface area contributed by atoms with Crippen molar-refractivity contribution in [1.82, 2.24) is 4.98 Å². The topological polar surface area (TPSA) is 60.2 Å². The number of alkyl halides is 3. The number of methoxy groups -OCH3 is 1. The van der Waals surface area contributed by atoms with Gasteiger partial charge in [0.1, 0.15) is 11.6 Å². The van der Waals surface area contributed by atoms with E-state index in [0.29, 0.717) is 22.7 Å². The first-order valence-corrected chi connectivity index (χ1v) is 6.12. The maximum Gasteiger partial charge on any atom is 0.417 e. The minimum atomic E-state index is -4.50. The summed E-state index contributed by atoms with van der Waals surface area (Å²) in [6.45, 7) is 0. The zero-order valence-corrected chi connectivity index (χ0v) is 11.6. The van der Waals surface area contributed by atoms with Crippen molar-refractivity contribution in [2.45, 2.75) is 6.18 Å². The third-order valence-corrected chi connectivity index (χ3v) is 2.91. The van der Waals surface area contributed by atoms with Crippen LogP contribution in [0.5, 0.6) is 5.75 Å². The van der Waals surface area contributed by atoms with E-state index in [4.69, 9.17) is 22.1 Å². The molecule has 0 saturated carbocycles. The molecular formula is C13H11ClF3N3O. The van der Waals surface area contributed by atoms with Crippen LogP contribution in [0.25, 0.3) is 0 Å². The summed E-state index contributed by atoms with van der Waals surface area (Å²) in [6, 6.07) is 5.57. The molecule has 1 aromatic heterocycles. The van der Waals surface area contributed by atoms with Crippen LogP contribution in [-0.4, -0.2) is 12.1 Å². The summed E-state index contributed by atoms with van der Waals surface area (Å²) in [7, 11) is 1.43. The fraction of sp³-hybridized carbons (Fsp3) is 0.154. The van der Waals surface area contributed by atoms with Gasteiger partial charge in [-0.25, -0.2) is 4.98 Å². The highest BCUT2D eigenvalue weighted by Gasteiger charge is 2.31. The molecule has 0 aliphatic carbocycles. The predicted octanol–water partition coefficient (Wildman–Crippen LogP) is 4.09. The molecule has 21 heavy (non-hydrogen) atoms. The summed E-state index contributed by atoms with van der Waals surface area (Å²) in [4.78, 5) is 3.54. The highest BCUT2D eigenvalue weighted by Crippen LogP contribution is 2.35. The molecule has 112 valence electrons. The van der Waals surface area contributed by atoms with E-state index in [0.717, 1.165) is 6.07 Å². The Bertz CT molecular complexity index is 662. The third kappa shape index (κ3) is 3.49. The standard InChI is InChI=1S/C13H11ClF3N3O/c1-21-11-3-2-8(14)5-9(11)20-10-4-7(13(15,16)17)6-19-12(10)18/h2-6,20H,1H3,(H2,18,19). The summed E-state index contributed by atoms with van der Waals surface area (Å²) in [5.74, 6) is 0.348. The number of benzene rings is 1. The number of nitrogens with two attached hydrogens (primary N) is 1. The monoisotopic (exact) mass is 317 g/mol. The van der Waals surface area contributed by atoms with Gasteiger partial charge in [-0.3, -0.25) is 0 Å². The summed E-state index contributed by atoms with van der Waals surface area (Å²) in [5.41, 5.74) is 5.10. The first-order chi connectivity index (χ1) is 9.81. The Kier molecular flexibility index (Phi) is 4.13. The molecule has 0 fully saturated rings. The van der Waals surface area contributed by atoms with Crippen LogP contribution in [0.15, 0.2) is 30.5 Å². The lowest BCUT2D eigenvalue weighted by Crippen LogP contribution is -2.08. The molecule has 0 radical (unpaired) electrons. The van der Waals surface area contributed by atoms with Crippen molar-refractivity contribution in [3.05, 3.63) is 41.0 Å². The van der Waals surface area contributed by atoms with E-state index >= 15 is 0 Å². The Hall–Kier alpha value is -2.15. The number of aromatic nitrogens is 1. The minimum absolute atomic E-state index is 0.0189. The lowest BCUT2D eigenvalue weighted by molar-refractivity contribution is -0.137. The molecule has 0 spiro atoms. The van der Waals surface area contributed by atoms with Gasteiger partial charge in [0, 0.05) is 11.2 Å². The number of hydrogen-bond acceptors (Lipinski definition) is 4. The van der Waals surface area contributed by atoms with Gasteiger partial charge in [-0.2, -0.15) is 13.2 Å². The van der Waals surface area contributed by atoms with Crippen molar-refractivity contribution in [1.29, 1.82) is 0 Å². The zero-order valence-electron chi connectivity index (χ0n) is 10.8. The molecule has 0 atom stereocenters. The molecule has 2 aromatic rings. The SMILES string of the molecule is COc1ccc(Cl)cc1Nc1cc(C(F)(F)F)cnc1N. The second kappa shape index (κ2) is 5.69. The Balaban J connectivity index is 2.42. The molecule has 0 unspecified atom stereocenters. The zero-order chi connectivity index (χ0) is 15.6. The number of halogens is 4. The lowest BCUT2D eigenvalue weighted by atomic mass is 10.2. The average molecular weight is 318 g/mol. The van der Waals surface area contributed by atoms with Crippen LogP contribution in [0.4, 0.5) is 30.4 Å². The number of hydrogen-bond donors (Lipinski definition) is 2. The average Bonchev–Trinajstić information content (AvgIpc) is 2.40. The smallest absolute Gasteiger partial charge is 0.417 e. The van der Waals surface area contributed by atoms with Crippen molar-refractivity contribution in [2.24, 2.45) is 0 Å². The van der Waals surface area contributed by atoms with Crippen molar-refractivity contribution in [2.75, 3.05) is 18.2 Å². The van der Waals surface area contributed by atoms with E-state index < -0.39 is 11.7 Å². The molecule has 0 amide bonds. The van der Waals surface area contributed by atoms with Crippen molar-refractivity contribution < 1.29 is 17.9 Å². The van der Waals surface area contributed by atoms with Crippen LogP contribution >= 0.6 is 11.6 Å². The molecule has 0 saturated heterocycles. The van der Waals surface area contributed by atoms with E-state index in [-0.39, 0.29) is 11.5 Å². The summed E-state index contributed by atoms with van der Waals surface area (Å²) < 4.78 is 43.2. The fourth-order valence-corrected chi connectivity index (χ4v) is 1.83. The molecule has 2 rings (SSSR count). The fourth-order valence-electron chi connectivity index (χ4n) is 1.65. The number of pyridine rings is 1. The Labute approximate surface area is 123 Å². The van der Waals surface area contributed by atoms with E-state index in [1.165, 1.54) is 13.2 Å². The van der Waals surface area contributed by atoms with E-state index in [9.17, 15) is 13.2 Å². The number of nitrogens with one attached hydrogen (secondary N) is 1. The van der Waals surface area contributed by atoms with Crippen LogP contribution in [0.2, 0.25) is 5.02 Å². The van der Waals surface area contributed by atoms with E-state index in [1.807, 2.05) is 0 Å². The molecule has 0 bridgehead atoms. The van der Waals surface area contributed by atoms with Crippen LogP contribution in [-0.2, 0) is 6.18 Å². The summed E-state index contributed by atoms with van der Waals surface area (Å²) >= 11 is 5.86. The molecule has 8 heteroatoms. The molecule has 0 aliphatic heterocycles. The predicted molar refractivity (Wildman–Crippen MR) is 74.9 cm³/mol. The van der Waals surface area contributed by atoms with Crippen molar-refractivity contribution in [3.63, 3.8) is 0 Å². The highest BCUT2D eigenvalue weighted by molar-refractivity contribution is 6.31. The lowest BCUT2D eigenvalue weighted by Gasteiger charge is -2.14. The van der Waals surface area contributed by atoms with Crippen molar-refractivity contribution >= 4 is 28.8 Å². The number of anilines is 3. The molecule has 1 aromatic carbocycles. The normalized spacial score (nSPS) is 11.3. The molecule has 0 aliphatic rings. The van der Waals surface area contributed by atoms with E-state index in [2.05, 4.69) is 10.3 Å². The van der Waals surface area contributed by atoms with E-state index in [1.54, 1.807) is 12.1 Å². The Morgan fingerprint density at radius 2 is 1.95 bits per heavy atom. The largest absolute Gasteiger partial charge is 0.495 e. The quantitative estimate of drug-likeness (QED) is 0.895. The van der Waals surface area contributed by atoms with Gasteiger partial charge in [0.25, 0.3) is 0 Å². The molecule has 1 heterocycles. The van der Waals surface area contributed by atoms with Gasteiger partial charge in [-0.1, -0.05) is 11.6 Å². The highest BCUT2D eigenvalue weighted by atomic mass is 35.5. The summed E-state index contributed by atoms with van der Waals surface area (Å²) in [5, 5.41) is 3.15. The molecule has 4 nitrogen and oxygen atoms in total. The second-order valence-electron chi connectivity index (χ2n) is 4.12. The van der Waals surface area contributed by atoms with Gasteiger partial charge >= 0.3 is 6.18 Å². The minimum Gasteiger partial charge on any atom is -0.495 e. The first kappa shape index (κ1) is 15.2. The van der Waals surface area contributed by atoms with Crippen molar-refractivity contribution in [3.8, 4) is 5.75 Å². The Morgan fingerprint density at radius 1 is 1.24 bits per heavy atom. The molecular weight excluding hydrogens is 307 g/mol. The van der Waals surface area contributed by atoms with Gasteiger partial charge in [-0.15, -0.1) is 0 Å². The van der Waals surface area contributed by atoms with Gasteiger partial charge in [0.05, 0.1) is 24.0 Å². The van der Waals surface area contributed by atoms with Gasteiger partial charge in [-0.05, 0) is 24.3 Å². The maximum atomic E-state index is 12.7. The number of ether oxygens (including phenoxy) is 1. The number of nitrogens with zero attached hydrogens (tertiary/aromatic N) is 1.